The standard InChI is InChI=1S/C14H19N5O3/c1-9-5-12(17-22-9)14(20)19-8-11(21-2)6-10(19)7-18-4-3-13(15)16-18/h3-5,10-11H,6-8H2,1-2H3,(H2,15,16)/t10-,11-/m0/s1. The molecule has 8 heteroatoms. The molecule has 0 unspecified atom stereocenters. The van der Waals surface area contributed by atoms with Crippen LogP contribution in [0.25, 0.3) is 0 Å². The Hall–Kier alpha value is -2.35. The number of aryl methyl sites for hydroxylation is 1. The lowest BCUT2D eigenvalue weighted by Gasteiger charge is -2.23. The largest absolute Gasteiger partial charge is 0.382 e. The number of carbonyl (C=O) groups is 1. The number of ether oxygens (including phenoxy) is 1. The lowest BCUT2D eigenvalue weighted by atomic mass is 10.2. The number of anilines is 1. The monoisotopic (exact) mass is 305 g/mol. The second kappa shape index (κ2) is 5.80. The molecular weight excluding hydrogens is 286 g/mol. The van der Waals surface area contributed by atoms with E-state index in [4.69, 9.17) is 15.0 Å². The Morgan fingerprint density at radius 3 is 3.00 bits per heavy atom. The van der Waals surface area contributed by atoms with Crippen molar-refractivity contribution in [3.05, 3.63) is 29.8 Å². The molecule has 1 aliphatic rings. The Labute approximate surface area is 127 Å². The van der Waals surface area contributed by atoms with Crippen molar-refractivity contribution in [2.24, 2.45) is 0 Å². The Morgan fingerprint density at radius 2 is 2.41 bits per heavy atom. The molecule has 22 heavy (non-hydrogen) atoms. The van der Waals surface area contributed by atoms with Crippen molar-refractivity contribution in [1.29, 1.82) is 0 Å². The first-order chi connectivity index (χ1) is 10.6. The highest BCUT2D eigenvalue weighted by atomic mass is 16.5. The van der Waals surface area contributed by atoms with Gasteiger partial charge in [0.25, 0.3) is 5.91 Å². The molecule has 1 amide bonds. The van der Waals surface area contributed by atoms with Gasteiger partial charge in [-0.2, -0.15) is 5.10 Å². The zero-order valence-corrected chi connectivity index (χ0v) is 12.6. The molecule has 2 aromatic rings. The van der Waals surface area contributed by atoms with Crippen LogP contribution < -0.4 is 5.73 Å². The second-order valence-corrected chi connectivity index (χ2v) is 5.49. The van der Waals surface area contributed by atoms with Gasteiger partial charge in [-0.15, -0.1) is 0 Å². The third kappa shape index (κ3) is 2.82. The van der Waals surface area contributed by atoms with Crippen LogP contribution in [0.5, 0.6) is 0 Å². The molecule has 1 aliphatic heterocycles. The predicted octanol–water partition coefficient (Wildman–Crippen LogP) is 0.691. The van der Waals surface area contributed by atoms with Gasteiger partial charge in [-0.1, -0.05) is 5.16 Å². The van der Waals surface area contributed by atoms with Crippen LogP contribution in [0.15, 0.2) is 22.9 Å². The van der Waals surface area contributed by atoms with Gasteiger partial charge in [0.15, 0.2) is 5.69 Å². The van der Waals surface area contributed by atoms with E-state index in [-0.39, 0.29) is 18.1 Å². The minimum absolute atomic E-state index is 0.00913. The topological polar surface area (TPSA) is 99.4 Å². The molecule has 0 aromatic carbocycles. The maximum absolute atomic E-state index is 12.6. The van der Waals surface area contributed by atoms with Crippen LogP contribution in [-0.2, 0) is 11.3 Å². The molecule has 2 aromatic heterocycles. The van der Waals surface area contributed by atoms with E-state index in [0.717, 1.165) is 6.42 Å². The molecule has 2 N–H and O–H groups in total. The fourth-order valence-corrected chi connectivity index (χ4v) is 2.78. The lowest BCUT2D eigenvalue weighted by molar-refractivity contribution is 0.0669. The van der Waals surface area contributed by atoms with E-state index in [1.54, 1.807) is 41.9 Å². The van der Waals surface area contributed by atoms with Gasteiger partial charge in [0.05, 0.1) is 18.7 Å². The van der Waals surface area contributed by atoms with Gasteiger partial charge in [-0.3, -0.25) is 9.48 Å². The average molecular weight is 305 g/mol. The molecule has 1 saturated heterocycles. The molecule has 0 aliphatic carbocycles. The summed E-state index contributed by atoms with van der Waals surface area (Å²) in [4.78, 5) is 14.4. The van der Waals surface area contributed by atoms with Gasteiger partial charge in [0, 0.05) is 25.9 Å². The molecule has 118 valence electrons. The molecule has 3 heterocycles. The molecule has 8 nitrogen and oxygen atoms in total. The van der Waals surface area contributed by atoms with Crippen LogP contribution in [0.3, 0.4) is 0 Å². The summed E-state index contributed by atoms with van der Waals surface area (Å²) in [5, 5.41) is 7.98. The number of hydrogen-bond donors (Lipinski definition) is 1. The third-order valence-corrected chi connectivity index (χ3v) is 3.88. The van der Waals surface area contributed by atoms with Gasteiger partial charge >= 0.3 is 0 Å². The minimum atomic E-state index is -0.151. The first kappa shape index (κ1) is 14.6. The first-order valence-corrected chi connectivity index (χ1v) is 7.13. The van der Waals surface area contributed by atoms with Crippen LogP contribution in [0.4, 0.5) is 5.82 Å². The number of nitrogens with zero attached hydrogens (tertiary/aromatic N) is 4. The van der Waals surface area contributed by atoms with Crippen molar-refractivity contribution >= 4 is 11.7 Å². The highest BCUT2D eigenvalue weighted by molar-refractivity contribution is 5.92. The molecule has 0 saturated carbocycles. The quantitative estimate of drug-likeness (QED) is 0.892. The van der Waals surface area contributed by atoms with Crippen LogP contribution in [-0.4, -0.2) is 51.5 Å². The predicted molar refractivity (Wildman–Crippen MR) is 78.1 cm³/mol. The zero-order valence-electron chi connectivity index (χ0n) is 12.6. The SMILES string of the molecule is CO[C@H]1C[C@@H](Cn2ccc(N)n2)N(C(=O)c2cc(C)on2)C1. The molecular formula is C14H19N5O3. The zero-order chi connectivity index (χ0) is 15.7. The van der Waals surface area contributed by atoms with Crippen molar-refractivity contribution in [3.8, 4) is 0 Å². The van der Waals surface area contributed by atoms with Gasteiger partial charge in [-0.25, -0.2) is 0 Å². The highest BCUT2D eigenvalue weighted by Gasteiger charge is 2.37. The molecule has 2 atom stereocenters. The van der Waals surface area contributed by atoms with Crippen LogP contribution in [0, 0.1) is 6.92 Å². The van der Waals surface area contributed by atoms with Crippen molar-refractivity contribution < 1.29 is 14.1 Å². The number of aromatic nitrogens is 3. The van der Waals surface area contributed by atoms with Crippen molar-refractivity contribution in [2.75, 3.05) is 19.4 Å². The van der Waals surface area contributed by atoms with Crippen molar-refractivity contribution in [1.82, 2.24) is 19.8 Å². The van der Waals surface area contributed by atoms with Gasteiger partial charge < -0.3 is 19.9 Å². The summed E-state index contributed by atoms with van der Waals surface area (Å²) in [6.07, 6.45) is 2.56. The third-order valence-electron chi connectivity index (χ3n) is 3.88. The summed E-state index contributed by atoms with van der Waals surface area (Å²) in [7, 11) is 1.65. The van der Waals surface area contributed by atoms with E-state index in [1.807, 2.05) is 0 Å². The van der Waals surface area contributed by atoms with Gasteiger partial charge in [0.1, 0.15) is 11.6 Å². The molecule has 0 bridgehead atoms. The summed E-state index contributed by atoms with van der Waals surface area (Å²) in [6.45, 7) is 2.86. The normalized spacial score (nSPS) is 21.5. The fourth-order valence-electron chi connectivity index (χ4n) is 2.78. The first-order valence-electron chi connectivity index (χ1n) is 7.13. The number of hydrogen-bond acceptors (Lipinski definition) is 6. The van der Waals surface area contributed by atoms with Gasteiger partial charge in [0.2, 0.25) is 0 Å². The van der Waals surface area contributed by atoms with E-state index >= 15 is 0 Å². The number of amides is 1. The maximum Gasteiger partial charge on any atom is 0.276 e. The molecule has 0 spiro atoms. The molecule has 3 rings (SSSR count). The number of carbonyl (C=O) groups excluding carboxylic acids is 1. The maximum atomic E-state index is 12.6. The summed E-state index contributed by atoms with van der Waals surface area (Å²) in [5.41, 5.74) is 5.95. The summed E-state index contributed by atoms with van der Waals surface area (Å²) < 4.78 is 12.1. The van der Waals surface area contributed by atoms with E-state index in [9.17, 15) is 4.79 Å². The Morgan fingerprint density at radius 1 is 1.59 bits per heavy atom. The minimum Gasteiger partial charge on any atom is -0.382 e. The Kier molecular flexibility index (Phi) is 3.84. The number of likely N-dealkylation sites (tertiary alicyclic amines) is 1. The van der Waals surface area contributed by atoms with E-state index in [1.165, 1.54) is 0 Å². The fraction of sp³-hybridized carbons (Fsp3) is 0.500. The van der Waals surface area contributed by atoms with Crippen LogP contribution >= 0.6 is 0 Å². The van der Waals surface area contributed by atoms with Crippen LogP contribution in [0.2, 0.25) is 0 Å². The van der Waals surface area contributed by atoms with Crippen LogP contribution in [0.1, 0.15) is 22.7 Å². The number of nitrogen functional groups attached to an aromatic ring is 1. The number of methoxy groups -OCH3 is 1. The van der Waals surface area contributed by atoms with E-state index < -0.39 is 0 Å². The molecule has 0 radical (unpaired) electrons. The number of nitrogens with two attached hydrogens (primary N) is 1. The highest BCUT2D eigenvalue weighted by Crippen LogP contribution is 2.23. The number of rotatable bonds is 4. The lowest BCUT2D eigenvalue weighted by Crippen LogP contribution is -2.38. The van der Waals surface area contributed by atoms with Crippen molar-refractivity contribution in [3.63, 3.8) is 0 Å². The summed E-state index contributed by atoms with van der Waals surface area (Å²) in [6, 6.07) is 3.36. The van der Waals surface area contributed by atoms with Gasteiger partial charge in [-0.05, 0) is 19.4 Å². The summed E-state index contributed by atoms with van der Waals surface area (Å²) in [5.74, 6) is 0.926. The van der Waals surface area contributed by atoms with E-state index in [2.05, 4.69) is 10.3 Å². The Bertz CT molecular complexity index is 665. The average Bonchev–Trinajstić information content (AvgIpc) is 3.19. The van der Waals surface area contributed by atoms with Crippen molar-refractivity contribution in [2.45, 2.75) is 32.0 Å². The Balaban J connectivity index is 1.78. The molecule has 1 fully saturated rings. The van der Waals surface area contributed by atoms with E-state index in [0.29, 0.717) is 30.4 Å². The smallest absolute Gasteiger partial charge is 0.276 e. The summed E-state index contributed by atoms with van der Waals surface area (Å²) >= 11 is 0. The second-order valence-electron chi connectivity index (χ2n) is 5.49.